The summed E-state index contributed by atoms with van der Waals surface area (Å²) in [4.78, 5) is 7.39. The van der Waals surface area contributed by atoms with E-state index < -0.39 is 0 Å². The van der Waals surface area contributed by atoms with Crippen molar-refractivity contribution in [1.82, 2.24) is 10.6 Å². The molecule has 4 nitrogen and oxygen atoms in total. The Morgan fingerprint density at radius 2 is 0.833 bits per heavy atom. The molecule has 0 aromatic heterocycles. The Bertz CT molecular complexity index is 631. The van der Waals surface area contributed by atoms with E-state index in [1.54, 1.807) is 0 Å². The van der Waals surface area contributed by atoms with Crippen LogP contribution in [-0.4, -0.2) is 37.6 Å². The van der Waals surface area contributed by atoms with Gasteiger partial charge >= 0.3 is 0 Å². The van der Waals surface area contributed by atoms with E-state index in [4.69, 9.17) is 0 Å². The van der Waals surface area contributed by atoms with E-state index in [1.807, 2.05) is 0 Å². The maximum atomic E-state index is 3.70. The Labute approximate surface area is 186 Å². The first-order valence-corrected chi connectivity index (χ1v) is 11.5. The molecule has 0 radical (unpaired) electrons. The fourth-order valence-electron chi connectivity index (χ4n) is 2.63. The predicted octanol–water partition coefficient (Wildman–Crippen LogP) is 2.17. The highest BCUT2D eigenvalue weighted by atomic mass is 15.0. The van der Waals surface area contributed by atoms with Gasteiger partial charge in [-0.05, 0) is 10.8 Å². The summed E-state index contributed by atoms with van der Waals surface area (Å²) in [6.45, 7) is 30.9. The Morgan fingerprint density at radius 3 is 1.07 bits per heavy atom. The zero-order chi connectivity index (χ0) is 23.4. The van der Waals surface area contributed by atoms with Crippen molar-refractivity contribution in [2.24, 2.45) is 21.7 Å². The van der Waals surface area contributed by atoms with Gasteiger partial charge in [-0.3, -0.25) is 0 Å². The summed E-state index contributed by atoms with van der Waals surface area (Å²) >= 11 is 0. The van der Waals surface area contributed by atoms with Crippen molar-refractivity contribution in [3.05, 3.63) is 23.5 Å². The molecule has 0 unspecified atom stereocenters. The standard InChI is InChI=1S/C26H48N4/c1-23(2,3)15-27-19-13-21(29-17-25(7,8)9)22(30-18-26(10,11)12)14-20(19)28-16-24(4,5)6/h13-14,27,30H,15-18H2,1-12H3/p+2. The molecule has 1 aliphatic rings. The molecule has 0 amide bonds. The molecule has 0 saturated heterocycles. The number of hydrogen-bond acceptors (Lipinski definition) is 2. The molecule has 4 N–H and O–H groups in total. The van der Waals surface area contributed by atoms with E-state index in [2.05, 4.69) is 116 Å². The quantitative estimate of drug-likeness (QED) is 0.500. The van der Waals surface area contributed by atoms with Crippen LogP contribution in [0.5, 0.6) is 0 Å². The minimum absolute atomic E-state index is 0.212. The summed E-state index contributed by atoms with van der Waals surface area (Å²) in [6, 6.07) is 0. The molecule has 0 aromatic carbocycles. The molecule has 0 heterocycles. The molecule has 30 heavy (non-hydrogen) atoms. The Kier molecular flexibility index (Phi) is 8.55. The van der Waals surface area contributed by atoms with Gasteiger partial charge in [0.05, 0.1) is 0 Å². The van der Waals surface area contributed by atoms with Gasteiger partial charge in [0.2, 0.25) is 11.4 Å². The zero-order valence-electron chi connectivity index (χ0n) is 22.0. The normalized spacial score (nSPS) is 19.1. The van der Waals surface area contributed by atoms with Crippen molar-refractivity contribution in [2.45, 2.75) is 83.1 Å². The maximum absolute atomic E-state index is 3.70. The van der Waals surface area contributed by atoms with Gasteiger partial charge in [-0.15, -0.1) is 0 Å². The van der Waals surface area contributed by atoms with Crippen molar-refractivity contribution in [3.8, 4) is 0 Å². The smallest absolute Gasteiger partial charge is 0.224 e. The van der Waals surface area contributed by atoms with Gasteiger partial charge in [0, 0.05) is 36.1 Å². The molecule has 0 spiro atoms. The van der Waals surface area contributed by atoms with Crippen molar-refractivity contribution < 1.29 is 9.98 Å². The molecule has 0 saturated carbocycles. The highest BCUT2D eigenvalue weighted by Crippen LogP contribution is 2.16. The van der Waals surface area contributed by atoms with Crippen molar-refractivity contribution in [2.75, 3.05) is 26.2 Å². The van der Waals surface area contributed by atoms with Crippen LogP contribution in [0.1, 0.15) is 83.1 Å². The second-order valence-electron chi connectivity index (χ2n) is 13.6. The van der Waals surface area contributed by atoms with Gasteiger partial charge in [-0.1, -0.05) is 83.1 Å². The third kappa shape index (κ3) is 11.6. The molecule has 0 atom stereocenters. The summed E-state index contributed by atoms with van der Waals surface area (Å²) in [7, 11) is 0. The van der Waals surface area contributed by atoms with Crippen LogP contribution >= 0.6 is 0 Å². The van der Waals surface area contributed by atoms with E-state index in [9.17, 15) is 0 Å². The third-order valence-electron chi connectivity index (χ3n) is 4.39. The third-order valence-corrected chi connectivity index (χ3v) is 4.39. The van der Waals surface area contributed by atoms with Crippen LogP contribution < -0.4 is 20.6 Å². The van der Waals surface area contributed by atoms with Gasteiger partial charge in [0.1, 0.15) is 24.5 Å². The Hall–Kier alpha value is -1.58. The summed E-state index contributed by atoms with van der Waals surface area (Å²) in [5.74, 6) is 0. The lowest BCUT2D eigenvalue weighted by Gasteiger charge is -2.24. The molecular formula is C26H50N4+2. The number of rotatable bonds is 6. The van der Waals surface area contributed by atoms with E-state index in [0.29, 0.717) is 0 Å². The van der Waals surface area contributed by atoms with E-state index in [1.165, 1.54) is 0 Å². The van der Waals surface area contributed by atoms with Crippen LogP contribution in [0.4, 0.5) is 0 Å². The maximum Gasteiger partial charge on any atom is 0.224 e. The molecule has 0 fully saturated rings. The van der Waals surface area contributed by atoms with E-state index in [-0.39, 0.29) is 21.7 Å². The van der Waals surface area contributed by atoms with E-state index in [0.717, 1.165) is 49.0 Å². The van der Waals surface area contributed by atoms with Crippen LogP contribution in [0.2, 0.25) is 0 Å². The minimum Gasteiger partial charge on any atom is -0.379 e. The average Bonchev–Trinajstić information content (AvgIpc) is 2.52. The van der Waals surface area contributed by atoms with Crippen LogP contribution in [0.3, 0.4) is 0 Å². The monoisotopic (exact) mass is 418 g/mol. The van der Waals surface area contributed by atoms with Gasteiger partial charge in [0.25, 0.3) is 0 Å². The van der Waals surface area contributed by atoms with Gasteiger partial charge in [-0.2, -0.15) is 0 Å². The molecule has 4 heteroatoms. The fraction of sp³-hybridized carbons (Fsp3) is 0.769. The Morgan fingerprint density at radius 1 is 0.533 bits per heavy atom. The topological polar surface area (TPSA) is 52.0 Å². The van der Waals surface area contributed by atoms with Crippen molar-refractivity contribution in [3.63, 3.8) is 0 Å². The largest absolute Gasteiger partial charge is 0.379 e. The molecule has 0 aromatic rings. The van der Waals surface area contributed by atoms with Crippen molar-refractivity contribution >= 4 is 11.4 Å². The lowest BCUT2D eigenvalue weighted by molar-refractivity contribution is -0.474. The lowest BCUT2D eigenvalue weighted by atomic mass is 9.94. The zero-order valence-corrected chi connectivity index (χ0v) is 22.0. The van der Waals surface area contributed by atoms with Crippen LogP contribution in [0, 0.1) is 21.7 Å². The summed E-state index contributed by atoms with van der Waals surface area (Å²) in [5.41, 5.74) is 5.48. The molecule has 1 rings (SSSR count). The second kappa shape index (κ2) is 9.70. The van der Waals surface area contributed by atoms with Crippen LogP contribution in [0.15, 0.2) is 23.5 Å². The average molecular weight is 419 g/mol. The Balaban J connectivity index is 3.34. The van der Waals surface area contributed by atoms with Crippen LogP contribution in [0.25, 0.3) is 0 Å². The molecule has 0 aliphatic heterocycles. The highest BCUT2D eigenvalue weighted by Gasteiger charge is 2.28. The van der Waals surface area contributed by atoms with Crippen LogP contribution in [-0.2, 0) is 0 Å². The fourth-order valence-corrected chi connectivity index (χ4v) is 2.63. The predicted molar refractivity (Wildman–Crippen MR) is 132 cm³/mol. The van der Waals surface area contributed by atoms with Gasteiger partial charge in [-0.25, -0.2) is 9.98 Å². The molecular weight excluding hydrogens is 368 g/mol. The summed E-state index contributed by atoms with van der Waals surface area (Å²) < 4.78 is 0. The first-order valence-electron chi connectivity index (χ1n) is 11.5. The molecule has 172 valence electrons. The van der Waals surface area contributed by atoms with E-state index >= 15 is 0 Å². The minimum atomic E-state index is 0.212. The van der Waals surface area contributed by atoms with Gasteiger partial charge < -0.3 is 10.6 Å². The number of allylic oxidation sites excluding steroid dienone is 2. The number of nitrogens with one attached hydrogen (secondary N) is 4. The van der Waals surface area contributed by atoms with Gasteiger partial charge in [0.15, 0.2) is 0 Å². The number of hydrogen-bond donors (Lipinski definition) is 4. The van der Waals surface area contributed by atoms with Crippen molar-refractivity contribution in [1.29, 1.82) is 0 Å². The molecule has 1 aliphatic carbocycles. The second-order valence-corrected chi connectivity index (χ2v) is 13.6. The molecule has 0 bridgehead atoms. The summed E-state index contributed by atoms with van der Waals surface area (Å²) in [5, 5.41) is 7.39. The first kappa shape index (κ1) is 26.5. The highest BCUT2D eigenvalue weighted by molar-refractivity contribution is 6.19. The summed E-state index contributed by atoms with van der Waals surface area (Å²) in [6.07, 6.45) is 4.54. The first-order chi connectivity index (χ1) is 13.3. The lowest BCUT2D eigenvalue weighted by Crippen LogP contribution is -2.79. The SMILES string of the molecule is CC(C)(C)CNC1=CC(=[NH+]CC(C)(C)C)C(NCC(C)(C)C)=CC1=[NH+]CC(C)(C)C.